The summed E-state index contributed by atoms with van der Waals surface area (Å²) in [4.78, 5) is 29.3. The largest absolute Gasteiger partial charge is 0.493 e. The van der Waals surface area contributed by atoms with E-state index in [0.29, 0.717) is 30.9 Å². The van der Waals surface area contributed by atoms with Crippen molar-refractivity contribution < 1.29 is 19.1 Å². The summed E-state index contributed by atoms with van der Waals surface area (Å²) < 4.78 is 11.5. The third-order valence-corrected chi connectivity index (χ3v) is 7.16. The smallest absolute Gasteiger partial charge is 0.162 e. The average Bonchev–Trinajstić information content (AvgIpc) is 2.72. The molecule has 178 valence electrons. The quantitative estimate of drug-likeness (QED) is 0.566. The van der Waals surface area contributed by atoms with E-state index in [1.807, 2.05) is 25.2 Å². The number of ether oxygens (including phenoxy) is 2. The number of hydrogen-bond donors (Lipinski definition) is 0. The lowest BCUT2D eigenvalue weighted by Crippen LogP contribution is -2.43. The zero-order valence-electron chi connectivity index (χ0n) is 21.1. The maximum absolute atomic E-state index is 13.6. The Morgan fingerprint density at radius 3 is 1.94 bits per heavy atom. The molecule has 0 radical (unpaired) electrons. The van der Waals surface area contributed by atoms with Gasteiger partial charge in [0.25, 0.3) is 0 Å². The van der Waals surface area contributed by atoms with Gasteiger partial charge in [-0.1, -0.05) is 40.7 Å². The highest BCUT2D eigenvalue weighted by molar-refractivity contribution is 6.06. The Morgan fingerprint density at radius 2 is 1.45 bits per heavy atom. The molecule has 1 aliphatic heterocycles. The van der Waals surface area contributed by atoms with Crippen molar-refractivity contribution >= 4 is 11.6 Å². The van der Waals surface area contributed by atoms with E-state index in [4.69, 9.17) is 9.47 Å². The van der Waals surface area contributed by atoms with E-state index in [1.165, 1.54) is 0 Å². The second kappa shape index (κ2) is 8.34. The number of benzene rings is 1. The van der Waals surface area contributed by atoms with Gasteiger partial charge in [0, 0.05) is 48.3 Å². The summed E-state index contributed by atoms with van der Waals surface area (Å²) in [7, 11) is 3.66. The van der Waals surface area contributed by atoms with Crippen LogP contribution in [0.3, 0.4) is 0 Å². The Bertz CT molecular complexity index is 1010. The van der Waals surface area contributed by atoms with Crippen molar-refractivity contribution in [3.05, 3.63) is 46.3 Å². The van der Waals surface area contributed by atoms with Crippen LogP contribution in [0.5, 0.6) is 11.5 Å². The molecule has 3 aliphatic rings. The lowest BCUT2D eigenvalue weighted by Gasteiger charge is -2.47. The van der Waals surface area contributed by atoms with Crippen LogP contribution in [0.15, 0.2) is 40.7 Å². The first-order chi connectivity index (χ1) is 15.5. The first-order valence-corrected chi connectivity index (χ1v) is 12.0. The maximum Gasteiger partial charge on any atom is 0.162 e. The Kier molecular flexibility index (Phi) is 5.96. The van der Waals surface area contributed by atoms with Gasteiger partial charge in [0.05, 0.1) is 13.7 Å². The van der Waals surface area contributed by atoms with Crippen molar-refractivity contribution in [2.45, 2.75) is 72.6 Å². The Hall–Kier alpha value is -2.56. The van der Waals surface area contributed by atoms with E-state index in [2.05, 4.69) is 39.5 Å². The fraction of sp³-hybridized carbons (Fsp3) is 0.571. The molecule has 4 rings (SSSR count). The highest BCUT2D eigenvalue weighted by Crippen LogP contribution is 2.54. The van der Waals surface area contributed by atoms with Gasteiger partial charge in [0.15, 0.2) is 23.1 Å². The second-order valence-electron chi connectivity index (χ2n) is 11.4. The number of allylic oxidation sites excluding steroid dienone is 4. The summed E-state index contributed by atoms with van der Waals surface area (Å²) in [6, 6.07) is 5.87. The van der Waals surface area contributed by atoms with Crippen molar-refractivity contribution in [1.82, 2.24) is 4.90 Å². The molecule has 0 amide bonds. The third kappa shape index (κ3) is 4.22. The summed E-state index contributed by atoms with van der Waals surface area (Å²) in [6.07, 6.45) is 3.53. The van der Waals surface area contributed by atoms with Crippen LogP contribution in [-0.4, -0.2) is 37.2 Å². The minimum Gasteiger partial charge on any atom is -0.493 e. The molecule has 5 nitrogen and oxygen atoms in total. The van der Waals surface area contributed by atoms with Crippen molar-refractivity contribution in [1.29, 1.82) is 0 Å². The molecule has 0 spiro atoms. The fourth-order valence-corrected chi connectivity index (χ4v) is 5.69. The van der Waals surface area contributed by atoms with Gasteiger partial charge < -0.3 is 14.4 Å². The number of nitrogens with zero attached hydrogens (tertiary/aromatic N) is 1. The Balaban J connectivity index is 1.91. The van der Waals surface area contributed by atoms with Crippen LogP contribution in [0.25, 0.3) is 0 Å². The SMILES string of the molecule is CCCOc1ccc(C2C3=C(CC(C)(C)CC3=O)N(C)C3=C2C(=O)CC(C)(C)C3)cc1OC. The van der Waals surface area contributed by atoms with E-state index in [9.17, 15) is 9.59 Å². The summed E-state index contributed by atoms with van der Waals surface area (Å²) >= 11 is 0. The molecule has 33 heavy (non-hydrogen) atoms. The zero-order valence-corrected chi connectivity index (χ0v) is 21.1. The van der Waals surface area contributed by atoms with Gasteiger partial charge in [-0.15, -0.1) is 0 Å². The van der Waals surface area contributed by atoms with Gasteiger partial charge in [-0.25, -0.2) is 0 Å². The lowest BCUT2D eigenvalue weighted by atomic mass is 9.64. The van der Waals surface area contributed by atoms with Gasteiger partial charge in [-0.3, -0.25) is 9.59 Å². The summed E-state index contributed by atoms with van der Waals surface area (Å²) in [5, 5.41) is 0. The van der Waals surface area contributed by atoms with Crippen LogP contribution < -0.4 is 9.47 Å². The number of rotatable bonds is 5. The van der Waals surface area contributed by atoms with Crippen molar-refractivity contribution in [3.63, 3.8) is 0 Å². The number of carbonyl (C=O) groups is 2. The van der Waals surface area contributed by atoms with E-state index in [-0.39, 0.29) is 28.3 Å². The average molecular weight is 452 g/mol. The van der Waals surface area contributed by atoms with Crippen LogP contribution >= 0.6 is 0 Å². The summed E-state index contributed by atoms with van der Waals surface area (Å²) in [5.41, 5.74) is 4.42. The van der Waals surface area contributed by atoms with Gasteiger partial charge >= 0.3 is 0 Å². The van der Waals surface area contributed by atoms with Crippen molar-refractivity contribution in [2.24, 2.45) is 10.8 Å². The molecule has 0 saturated carbocycles. The third-order valence-electron chi connectivity index (χ3n) is 7.16. The fourth-order valence-electron chi connectivity index (χ4n) is 5.69. The standard InChI is InChI=1S/C28H37NO4/c1-8-11-33-22-10-9-17(12-23(22)32-7)24-25-18(13-27(2,3)15-20(25)30)29(6)19-14-28(4,5)16-21(31)26(19)24/h9-10,12,24H,8,11,13-16H2,1-7H3. The zero-order chi connectivity index (χ0) is 24.1. The monoisotopic (exact) mass is 451 g/mol. The molecule has 0 aromatic heterocycles. The normalized spacial score (nSPS) is 22.3. The predicted molar refractivity (Wildman–Crippen MR) is 129 cm³/mol. The molecule has 2 aliphatic carbocycles. The molecule has 1 aromatic rings. The van der Waals surface area contributed by atoms with Crippen molar-refractivity contribution in [2.75, 3.05) is 20.8 Å². The number of Topliss-reactive ketones (excluding diaryl/α,β-unsaturated/α-hetero) is 2. The van der Waals surface area contributed by atoms with Gasteiger partial charge in [0.1, 0.15) is 0 Å². The van der Waals surface area contributed by atoms with Crippen LogP contribution in [-0.2, 0) is 9.59 Å². The van der Waals surface area contributed by atoms with E-state index in [0.717, 1.165) is 47.4 Å². The Morgan fingerprint density at radius 1 is 0.909 bits per heavy atom. The highest BCUT2D eigenvalue weighted by atomic mass is 16.5. The Labute approximate surface area is 197 Å². The van der Waals surface area contributed by atoms with E-state index in [1.54, 1.807) is 7.11 Å². The second-order valence-corrected chi connectivity index (χ2v) is 11.4. The number of ketones is 2. The molecule has 0 saturated heterocycles. The van der Waals surface area contributed by atoms with Crippen LogP contribution in [0, 0.1) is 10.8 Å². The highest BCUT2D eigenvalue weighted by Gasteiger charge is 2.48. The van der Waals surface area contributed by atoms with E-state index < -0.39 is 0 Å². The molecule has 0 unspecified atom stereocenters. The molecule has 0 atom stereocenters. The molecule has 0 fully saturated rings. The van der Waals surface area contributed by atoms with Gasteiger partial charge in [0.2, 0.25) is 0 Å². The molecular formula is C28H37NO4. The first kappa shape index (κ1) is 23.6. The lowest BCUT2D eigenvalue weighted by molar-refractivity contribution is -0.119. The minimum absolute atomic E-state index is 0.101. The minimum atomic E-state index is -0.354. The molecule has 1 aromatic carbocycles. The number of hydrogen-bond acceptors (Lipinski definition) is 5. The molecule has 0 N–H and O–H groups in total. The molecule has 1 heterocycles. The molecular weight excluding hydrogens is 414 g/mol. The van der Waals surface area contributed by atoms with Crippen LogP contribution in [0.1, 0.15) is 78.2 Å². The van der Waals surface area contributed by atoms with Crippen LogP contribution in [0.2, 0.25) is 0 Å². The molecule has 0 bridgehead atoms. The van der Waals surface area contributed by atoms with Crippen LogP contribution in [0.4, 0.5) is 0 Å². The first-order valence-electron chi connectivity index (χ1n) is 12.0. The predicted octanol–water partition coefficient (Wildman–Crippen LogP) is 5.80. The van der Waals surface area contributed by atoms with Crippen molar-refractivity contribution in [3.8, 4) is 11.5 Å². The summed E-state index contributed by atoms with van der Waals surface area (Å²) in [6.45, 7) is 11.3. The maximum atomic E-state index is 13.6. The topological polar surface area (TPSA) is 55.8 Å². The number of methoxy groups -OCH3 is 1. The van der Waals surface area contributed by atoms with Gasteiger partial charge in [-0.05, 0) is 47.8 Å². The summed E-state index contributed by atoms with van der Waals surface area (Å²) in [5.74, 6) is 1.26. The molecule has 5 heteroatoms. The van der Waals surface area contributed by atoms with Gasteiger partial charge in [-0.2, -0.15) is 0 Å². The van der Waals surface area contributed by atoms with E-state index >= 15 is 0 Å². The number of carbonyl (C=O) groups excluding carboxylic acids is 2.